The van der Waals surface area contributed by atoms with Crippen LogP contribution in [0.5, 0.6) is 5.75 Å². The van der Waals surface area contributed by atoms with Crippen molar-refractivity contribution in [3.8, 4) is 5.75 Å². The predicted octanol–water partition coefficient (Wildman–Crippen LogP) is 4.82. The number of unbranched alkanes of at least 4 members (excludes halogenated alkanes) is 5. The van der Waals surface area contributed by atoms with Crippen molar-refractivity contribution in [3.63, 3.8) is 0 Å². The molecule has 1 aromatic rings. The first-order valence-electron chi connectivity index (χ1n) is 7.36. The highest BCUT2D eigenvalue weighted by molar-refractivity contribution is 7.85. The Labute approximate surface area is 142 Å². The molecule has 0 fully saturated rings. The van der Waals surface area contributed by atoms with Crippen LogP contribution in [0.15, 0.2) is 30.3 Å². The van der Waals surface area contributed by atoms with Gasteiger partial charge in [-0.15, -0.1) is 0 Å². The number of alkyl halides is 2. The second-order valence-corrected chi connectivity index (χ2v) is 8.20. The first-order chi connectivity index (χ1) is 10.3. The van der Waals surface area contributed by atoms with E-state index in [1.54, 1.807) is 12.1 Å². The molecule has 0 aliphatic heterocycles. The Kier molecular flexibility index (Phi) is 8.54. The van der Waals surface area contributed by atoms with E-state index in [2.05, 4.69) is 0 Å². The first kappa shape index (κ1) is 19.6. The van der Waals surface area contributed by atoms with E-state index >= 15 is 0 Å². The van der Waals surface area contributed by atoms with Gasteiger partial charge in [-0.3, -0.25) is 4.55 Å². The van der Waals surface area contributed by atoms with Crippen molar-refractivity contribution in [3.05, 3.63) is 30.3 Å². The van der Waals surface area contributed by atoms with Gasteiger partial charge in [-0.05, 0) is 25.0 Å². The Hall–Kier alpha value is -0.490. The summed E-state index contributed by atoms with van der Waals surface area (Å²) < 4.78 is 34.0. The molecule has 1 aromatic carbocycles. The van der Waals surface area contributed by atoms with Crippen molar-refractivity contribution in [2.75, 3.05) is 5.75 Å². The molecule has 0 bridgehead atoms. The van der Waals surface area contributed by atoms with E-state index in [1.165, 1.54) is 0 Å². The monoisotopic (exact) mass is 368 g/mol. The van der Waals surface area contributed by atoms with Crippen molar-refractivity contribution in [1.29, 1.82) is 0 Å². The minimum absolute atomic E-state index is 0.162. The van der Waals surface area contributed by atoms with E-state index in [9.17, 15) is 8.42 Å². The highest BCUT2D eigenvalue weighted by atomic mass is 35.5. The lowest BCUT2D eigenvalue weighted by molar-refractivity contribution is 0.225. The normalized spacial score (nSPS) is 12.3. The Balaban J connectivity index is 2.08. The molecule has 0 amide bonds. The van der Waals surface area contributed by atoms with Crippen LogP contribution in [0.25, 0.3) is 0 Å². The van der Waals surface area contributed by atoms with E-state index in [0.29, 0.717) is 18.6 Å². The predicted molar refractivity (Wildman–Crippen MR) is 90.2 cm³/mol. The minimum atomic E-state index is -3.82. The molecule has 22 heavy (non-hydrogen) atoms. The molecule has 1 N–H and O–H groups in total. The number of hydrogen-bond acceptors (Lipinski definition) is 3. The average Bonchev–Trinajstić information content (AvgIpc) is 2.41. The van der Waals surface area contributed by atoms with Gasteiger partial charge >= 0.3 is 0 Å². The third kappa shape index (κ3) is 10.3. The third-order valence-electron chi connectivity index (χ3n) is 3.13. The molecule has 0 spiro atoms. The summed E-state index contributed by atoms with van der Waals surface area (Å²) in [6.45, 7) is 0. The van der Waals surface area contributed by atoms with Gasteiger partial charge in [0.15, 0.2) is 0 Å². The summed E-state index contributed by atoms with van der Waals surface area (Å²) in [6.07, 6.45) is 5.48. The summed E-state index contributed by atoms with van der Waals surface area (Å²) >= 11 is 12.3. The van der Waals surface area contributed by atoms with E-state index in [1.807, 2.05) is 18.2 Å². The van der Waals surface area contributed by atoms with Crippen LogP contribution in [0.3, 0.4) is 0 Å². The van der Waals surface area contributed by atoms with Crippen molar-refractivity contribution < 1.29 is 17.7 Å². The largest absolute Gasteiger partial charge is 0.458 e. The molecule has 0 saturated heterocycles. The van der Waals surface area contributed by atoms with Crippen LogP contribution < -0.4 is 4.74 Å². The van der Waals surface area contributed by atoms with Crippen LogP contribution in [-0.4, -0.2) is 23.2 Å². The molecule has 0 heterocycles. The van der Waals surface area contributed by atoms with Crippen LogP contribution in [0.1, 0.15) is 44.9 Å². The maximum Gasteiger partial charge on any atom is 0.264 e. The second kappa shape index (κ2) is 9.60. The van der Waals surface area contributed by atoms with E-state index < -0.39 is 14.6 Å². The molecule has 0 unspecified atom stereocenters. The summed E-state index contributed by atoms with van der Waals surface area (Å²) in [5.41, 5.74) is 0. The topological polar surface area (TPSA) is 63.6 Å². The highest BCUT2D eigenvalue weighted by Crippen LogP contribution is 2.31. The molecule has 0 aliphatic carbocycles. The molecule has 1 rings (SSSR count). The molecular weight excluding hydrogens is 347 g/mol. The summed E-state index contributed by atoms with van der Waals surface area (Å²) in [5.74, 6) is 0.474. The van der Waals surface area contributed by atoms with Gasteiger partial charge in [0.1, 0.15) is 5.75 Å². The average molecular weight is 369 g/mol. The molecule has 0 aromatic heterocycles. The number of halogens is 2. The van der Waals surface area contributed by atoms with Crippen LogP contribution in [0, 0.1) is 0 Å². The van der Waals surface area contributed by atoms with Crippen LogP contribution in [-0.2, 0) is 10.1 Å². The lowest BCUT2D eigenvalue weighted by Gasteiger charge is -2.21. The number of rotatable bonds is 11. The molecule has 7 heteroatoms. The number of hydrogen-bond donors (Lipinski definition) is 1. The third-order valence-corrected chi connectivity index (χ3v) is 4.47. The molecule has 0 saturated carbocycles. The fraction of sp³-hybridized carbons (Fsp3) is 0.600. The summed E-state index contributed by atoms with van der Waals surface area (Å²) in [4.78, 5) is 0. The van der Waals surface area contributed by atoms with Crippen molar-refractivity contribution in [2.45, 2.75) is 49.5 Å². The quantitative estimate of drug-likeness (QED) is 0.345. The highest BCUT2D eigenvalue weighted by Gasteiger charge is 2.25. The van der Waals surface area contributed by atoms with E-state index in [0.717, 1.165) is 32.1 Å². The zero-order chi connectivity index (χ0) is 16.5. The zero-order valence-electron chi connectivity index (χ0n) is 12.4. The number of para-hydroxylation sites is 1. The standard InChI is InChI=1S/C15H22Cl2O4S/c16-15(17,21-14-10-6-5-7-11-14)12-8-3-1-2-4-9-13-22(18,19)20/h5-7,10-11H,1-4,8-9,12-13H2,(H,18,19,20). The van der Waals surface area contributed by atoms with Crippen LogP contribution in [0.2, 0.25) is 0 Å². The van der Waals surface area contributed by atoms with E-state index in [-0.39, 0.29) is 5.75 Å². The number of ether oxygens (including phenoxy) is 1. The van der Waals surface area contributed by atoms with Crippen molar-refractivity contribution >= 4 is 33.3 Å². The zero-order valence-corrected chi connectivity index (χ0v) is 14.7. The summed E-state index contributed by atoms with van der Waals surface area (Å²) in [6, 6.07) is 9.19. The Morgan fingerprint density at radius 2 is 1.50 bits per heavy atom. The molecule has 0 aliphatic rings. The second-order valence-electron chi connectivity index (χ2n) is 5.21. The SMILES string of the molecule is O=S(=O)(O)CCCCCCCCC(Cl)(Cl)Oc1ccccc1. The molecule has 0 radical (unpaired) electrons. The van der Waals surface area contributed by atoms with Gasteiger partial charge in [-0.25, -0.2) is 0 Å². The van der Waals surface area contributed by atoms with Crippen molar-refractivity contribution in [1.82, 2.24) is 0 Å². The van der Waals surface area contributed by atoms with Gasteiger partial charge in [0.05, 0.1) is 5.75 Å². The maximum atomic E-state index is 10.5. The van der Waals surface area contributed by atoms with Gasteiger partial charge in [0.2, 0.25) is 0 Å². The molecule has 126 valence electrons. The molecular formula is C15H22Cl2O4S. The summed E-state index contributed by atoms with van der Waals surface area (Å²) in [7, 11) is -3.82. The Bertz CT molecular complexity index is 518. The van der Waals surface area contributed by atoms with Gasteiger partial charge in [-0.1, -0.05) is 67.1 Å². The van der Waals surface area contributed by atoms with Gasteiger partial charge in [0, 0.05) is 6.42 Å². The smallest absolute Gasteiger partial charge is 0.264 e. The molecule has 4 nitrogen and oxygen atoms in total. The summed E-state index contributed by atoms with van der Waals surface area (Å²) in [5, 5.41) is 0. The fourth-order valence-electron chi connectivity index (χ4n) is 2.03. The Morgan fingerprint density at radius 3 is 2.09 bits per heavy atom. The lowest BCUT2D eigenvalue weighted by Crippen LogP contribution is -2.21. The first-order valence-corrected chi connectivity index (χ1v) is 9.72. The molecule has 0 atom stereocenters. The van der Waals surface area contributed by atoms with Gasteiger partial charge in [0.25, 0.3) is 14.6 Å². The maximum absolute atomic E-state index is 10.5. The Morgan fingerprint density at radius 1 is 0.955 bits per heavy atom. The fourth-order valence-corrected chi connectivity index (χ4v) is 3.05. The van der Waals surface area contributed by atoms with Crippen LogP contribution >= 0.6 is 23.2 Å². The van der Waals surface area contributed by atoms with Gasteiger partial charge in [-0.2, -0.15) is 8.42 Å². The van der Waals surface area contributed by atoms with Crippen molar-refractivity contribution in [2.24, 2.45) is 0 Å². The number of benzene rings is 1. The van der Waals surface area contributed by atoms with E-state index in [4.69, 9.17) is 32.5 Å². The minimum Gasteiger partial charge on any atom is -0.458 e. The van der Waals surface area contributed by atoms with Gasteiger partial charge < -0.3 is 4.74 Å². The lowest BCUT2D eigenvalue weighted by atomic mass is 10.1. The van der Waals surface area contributed by atoms with Crippen LogP contribution in [0.4, 0.5) is 0 Å².